The summed E-state index contributed by atoms with van der Waals surface area (Å²) in [5, 5.41) is 2.80. The number of nitrogens with one attached hydrogen (secondary N) is 1. The van der Waals surface area contributed by atoms with E-state index in [0.717, 1.165) is 5.76 Å². The van der Waals surface area contributed by atoms with Gasteiger partial charge in [0.2, 0.25) is 11.8 Å². The summed E-state index contributed by atoms with van der Waals surface area (Å²) in [5.74, 6) is 1.44. The molecule has 1 fully saturated rings. The fourth-order valence-electron chi connectivity index (χ4n) is 2.48. The maximum absolute atomic E-state index is 12.2. The van der Waals surface area contributed by atoms with Crippen molar-refractivity contribution in [1.82, 2.24) is 15.1 Å². The molecule has 2 amide bonds. The highest BCUT2D eigenvalue weighted by molar-refractivity contribution is 5.91. The number of piperazine rings is 1. The van der Waals surface area contributed by atoms with Crippen LogP contribution in [0.2, 0.25) is 0 Å². The normalized spacial score (nSPS) is 15.8. The van der Waals surface area contributed by atoms with Crippen molar-refractivity contribution < 1.29 is 18.7 Å². The number of amides is 2. The minimum atomic E-state index is -0.0340. The monoisotopic (exact) mass is 335 g/mol. The Morgan fingerprint density at radius 1 is 1.29 bits per heavy atom. The van der Waals surface area contributed by atoms with Gasteiger partial charge in [-0.05, 0) is 25.1 Å². The van der Waals surface area contributed by atoms with Gasteiger partial charge in [0.15, 0.2) is 0 Å². The van der Waals surface area contributed by atoms with E-state index in [0.29, 0.717) is 51.6 Å². The second-order valence-corrected chi connectivity index (χ2v) is 5.73. The van der Waals surface area contributed by atoms with Crippen LogP contribution in [0.4, 0.5) is 0 Å². The minimum Gasteiger partial charge on any atom is -0.462 e. The first-order valence-electron chi connectivity index (χ1n) is 8.10. The molecule has 0 aromatic carbocycles. The van der Waals surface area contributed by atoms with E-state index in [2.05, 4.69) is 5.32 Å². The number of hydrogen-bond donors (Lipinski definition) is 1. The molecule has 2 heterocycles. The van der Waals surface area contributed by atoms with Crippen LogP contribution in [0.15, 0.2) is 22.6 Å². The largest absolute Gasteiger partial charge is 0.462 e. The average molecular weight is 335 g/mol. The van der Waals surface area contributed by atoms with Gasteiger partial charge in [-0.25, -0.2) is 0 Å². The van der Waals surface area contributed by atoms with E-state index in [1.54, 1.807) is 18.1 Å². The Labute approximate surface area is 142 Å². The highest BCUT2D eigenvalue weighted by Crippen LogP contribution is 2.09. The molecule has 1 N–H and O–H groups in total. The van der Waals surface area contributed by atoms with E-state index in [9.17, 15) is 9.59 Å². The van der Waals surface area contributed by atoms with Gasteiger partial charge < -0.3 is 19.4 Å². The van der Waals surface area contributed by atoms with Crippen LogP contribution >= 0.6 is 0 Å². The van der Waals surface area contributed by atoms with Crippen LogP contribution in [0.5, 0.6) is 0 Å². The van der Waals surface area contributed by atoms with Gasteiger partial charge in [0.1, 0.15) is 11.5 Å². The Bertz CT molecular complexity index is 574. The fraction of sp³-hybridized carbons (Fsp3) is 0.529. The smallest absolute Gasteiger partial charge is 0.246 e. The van der Waals surface area contributed by atoms with E-state index in [1.165, 1.54) is 6.08 Å². The second-order valence-electron chi connectivity index (χ2n) is 5.73. The van der Waals surface area contributed by atoms with Gasteiger partial charge in [-0.2, -0.15) is 0 Å². The van der Waals surface area contributed by atoms with E-state index in [-0.39, 0.29) is 11.8 Å². The van der Waals surface area contributed by atoms with Gasteiger partial charge >= 0.3 is 0 Å². The number of ether oxygens (including phenoxy) is 1. The lowest BCUT2D eigenvalue weighted by atomic mass is 10.3. The molecule has 24 heavy (non-hydrogen) atoms. The predicted octanol–water partition coefficient (Wildman–Crippen LogP) is 0.508. The zero-order valence-corrected chi connectivity index (χ0v) is 14.3. The lowest BCUT2D eigenvalue weighted by Crippen LogP contribution is -2.51. The topological polar surface area (TPSA) is 75.0 Å². The molecule has 1 aromatic heterocycles. The zero-order chi connectivity index (χ0) is 17.4. The molecule has 2 rings (SSSR count). The van der Waals surface area contributed by atoms with Crippen LogP contribution in [0.3, 0.4) is 0 Å². The summed E-state index contributed by atoms with van der Waals surface area (Å²) in [6.45, 7) is 5.86. The second kappa shape index (κ2) is 9.24. The molecule has 0 aliphatic carbocycles. The van der Waals surface area contributed by atoms with Crippen LogP contribution in [0.1, 0.15) is 11.5 Å². The number of carbonyl (C=O) groups is 2. The quantitative estimate of drug-likeness (QED) is 0.580. The van der Waals surface area contributed by atoms with Gasteiger partial charge in [0, 0.05) is 45.9 Å². The molecule has 1 aromatic rings. The number of methoxy groups -OCH3 is 1. The van der Waals surface area contributed by atoms with Crippen molar-refractivity contribution in [3.8, 4) is 0 Å². The Morgan fingerprint density at radius 3 is 2.67 bits per heavy atom. The summed E-state index contributed by atoms with van der Waals surface area (Å²) in [4.78, 5) is 27.8. The first-order valence-corrected chi connectivity index (χ1v) is 8.10. The Hall–Kier alpha value is -2.12. The molecular formula is C17H25N3O4. The third-order valence-corrected chi connectivity index (χ3v) is 3.83. The molecule has 0 bridgehead atoms. The number of hydrogen-bond acceptors (Lipinski definition) is 5. The Balaban J connectivity index is 1.71. The van der Waals surface area contributed by atoms with Gasteiger partial charge in [0.05, 0.1) is 13.2 Å². The molecule has 0 spiro atoms. The molecule has 0 atom stereocenters. The fourth-order valence-corrected chi connectivity index (χ4v) is 2.48. The van der Waals surface area contributed by atoms with Crippen molar-refractivity contribution in [3.63, 3.8) is 0 Å². The highest BCUT2D eigenvalue weighted by Gasteiger charge is 2.21. The molecular weight excluding hydrogens is 310 g/mol. The maximum Gasteiger partial charge on any atom is 0.246 e. The van der Waals surface area contributed by atoms with Crippen molar-refractivity contribution in [2.75, 3.05) is 53.0 Å². The third-order valence-electron chi connectivity index (χ3n) is 3.83. The summed E-state index contributed by atoms with van der Waals surface area (Å²) in [5.41, 5.74) is 0. The van der Waals surface area contributed by atoms with Gasteiger partial charge in [-0.15, -0.1) is 0 Å². The number of furan rings is 1. The standard InChI is InChI=1S/C17H25N3O4/c1-14-3-4-15(24-14)5-6-17(22)20-10-8-19(9-11-20)13-16(21)18-7-12-23-2/h3-6H,7-13H2,1-2H3,(H,18,21)/b6-5+. The highest BCUT2D eigenvalue weighted by atomic mass is 16.5. The molecule has 132 valence electrons. The summed E-state index contributed by atoms with van der Waals surface area (Å²) < 4.78 is 10.3. The summed E-state index contributed by atoms with van der Waals surface area (Å²) in [6, 6.07) is 3.69. The molecule has 1 aliphatic heterocycles. The SMILES string of the molecule is COCCNC(=O)CN1CCN(C(=O)/C=C/c2ccc(C)o2)CC1. The maximum atomic E-state index is 12.2. The van der Waals surface area contributed by atoms with Crippen molar-refractivity contribution in [2.45, 2.75) is 6.92 Å². The number of nitrogens with zero attached hydrogens (tertiary/aromatic N) is 2. The molecule has 0 radical (unpaired) electrons. The predicted molar refractivity (Wildman–Crippen MR) is 90.4 cm³/mol. The van der Waals surface area contributed by atoms with Crippen LogP contribution in [0, 0.1) is 6.92 Å². The summed E-state index contributed by atoms with van der Waals surface area (Å²) in [6.07, 6.45) is 3.22. The number of aryl methyl sites for hydroxylation is 1. The van der Waals surface area contributed by atoms with Crippen LogP contribution in [0.25, 0.3) is 6.08 Å². The minimum absolute atomic E-state index is 0.0140. The molecule has 7 heteroatoms. The van der Waals surface area contributed by atoms with Crippen LogP contribution < -0.4 is 5.32 Å². The number of rotatable bonds is 7. The van der Waals surface area contributed by atoms with Gasteiger partial charge in [0.25, 0.3) is 0 Å². The van der Waals surface area contributed by atoms with Crippen molar-refractivity contribution in [2.24, 2.45) is 0 Å². The van der Waals surface area contributed by atoms with Crippen molar-refractivity contribution in [1.29, 1.82) is 0 Å². The zero-order valence-electron chi connectivity index (χ0n) is 14.3. The molecule has 0 saturated carbocycles. The van der Waals surface area contributed by atoms with Gasteiger partial charge in [-0.1, -0.05) is 0 Å². The van der Waals surface area contributed by atoms with Crippen LogP contribution in [-0.4, -0.2) is 74.6 Å². The summed E-state index contributed by atoms with van der Waals surface area (Å²) in [7, 11) is 1.60. The Morgan fingerprint density at radius 2 is 2.04 bits per heavy atom. The third kappa shape index (κ3) is 5.82. The number of carbonyl (C=O) groups excluding carboxylic acids is 2. The average Bonchev–Trinajstić information content (AvgIpc) is 2.99. The Kier molecular flexibility index (Phi) is 7.02. The van der Waals surface area contributed by atoms with Gasteiger partial charge in [-0.3, -0.25) is 14.5 Å². The lowest BCUT2D eigenvalue weighted by Gasteiger charge is -2.33. The lowest BCUT2D eigenvalue weighted by molar-refractivity contribution is -0.128. The molecule has 1 aliphatic rings. The van der Waals surface area contributed by atoms with E-state index >= 15 is 0 Å². The summed E-state index contributed by atoms with van der Waals surface area (Å²) >= 11 is 0. The molecule has 1 saturated heterocycles. The van der Waals surface area contributed by atoms with E-state index in [1.807, 2.05) is 24.0 Å². The van der Waals surface area contributed by atoms with E-state index < -0.39 is 0 Å². The van der Waals surface area contributed by atoms with Crippen LogP contribution in [-0.2, 0) is 14.3 Å². The molecule has 0 unspecified atom stereocenters. The van der Waals surface area contributed by atoms with E-state index in [4.69, 9.17) is 9.15 Å². The van der Waals surface area contributed by atoms with Crippen molar-refractivity contribution in [3.05, 3.63) is 29.7 Å². The first-order chi connectivity index (χ1) is 11.6. The molecule has 7 nitrogen and oxygen atoms in total. The first kappa shape index (κ1) is 18.2. The van der Waals surface area contributed by atoms with Crippen molar-refractivity contribution >= 4 is 17.9 Å².